The van der Waals surface area contributed by atoms with Gasteiger partial charge in [0.15, 0.2) is 0 Å². The van der Waals surface area contributed by atoms with Gasteiger partial charge in [0.25, 0.3) is 5.91 Å². The van der Waals surface area contributed by atoms with E-state index in [9.17, 15) is 9.18 Å². The Labute approximate surface area is 100 Å². The second-order valence-electron chi connectivity index (χ2n) is 3.78. The van der Waals surface area contributed by atoms with Gasteiger partial charge in [-0.1, -0.05) is 12.1 Å². The van der Waals surface area contributed by atoms with Gasteiger partial charge in [-0.25, -0.2) is 4.39 Å². The lowest BCUT2D eigenvalue weighted by atomic mass is 10.2. The fraction of sp³-hybridized carbons (Fsp3) is 0.417. The van der Waals surface area contributed by atoms with Crippen molar-refractivity contribution in [3.8, 4) is 0 Å². The lowest BCUT2D eigenvalue weighted by Crippen LogP contribution is -2.29. The Bertz CT molecular complexity index is 368. The normalized spacial score (nSPS) is 12.2. The number of nitrogens with zero attached hydrogens (tertiary/aromatic N) is 1. The third-order valence-corrected chi connectivity index (χ3v) is 2.53. The molecule has 0 heterocycles. The quantitative estimate of drug-likeness (QED) is 0.745. The molecule has 0 saturated carbocycles. The van der Waals surface area contributed by atoms with Crippen LogP contribution in [0.5, 0.6) is 0 Å². The highest BCUT2D eigenvalue weighted by molar-refractivity contribution is 6.20. The van der Waals surface area contributed by atoms with Crippen LogP contribution in [-0.2, 0) is 0 Å². The van der Waals surface area contributed by atoms with Crippen molar-refractivity contribution in [1.29, 1.82) is 0 Å². The zero-order valence-electron chi connectivity index (χ0n) is 9.41. The molecule has 1 aromatic rings. The van der Waals surface area contributed by atoms with Gasteiger partial charge in [0.05, 0.1) is 5.56 Å². The van der Waals surface area contributed by atoms with E-state index in [1.54, 1.807) is 19.2 Å². The summed E-state index contributed by atoms with van der Waals surface area (Å²) in [5.41, 5.74) is 0.104. The molecule has 1 unspecified atom stereocenters. The van der Waals surface area contributed by atoms with Crippen LogP contribution in [0.1, 0.15) is 23.7 Å². The van der Waals surface area contributed by atoms with Crippen LogP contribution < -0.4 is 0 Å². The van der Waals surface area contributed by atoms with Gasteiger partial charge in [0, 0.05) is 19.0 Å². The van der Waals surface area contributed by atoms with Crippen LogP contribution in [0, 0.1) is 5.82 Å². The van der Waals surface area contributed by atoms with Gasteiger partial charge in [0.2, 0.25) is 0 Å². The van der Waals surface area contributed by atoms with Gasteiger partial charge < -0.3 is 4.90 Å². The first-order chi connectivity index (χ1) is 7.52. The molecule has 0 aliphatic heterocycles. The predicted molar refractivity (Wildman–Crippen MR) is 63.3 cm³/mol. The highest BCUT2D eigenvalue weighted by atomic mass is 35.5. The molecule has 0 N–H and O–H groups in total. The van der Waals surface area contributed by atoms with Gasteiger partial charge in [-0.05, 0) is 25.5 Å². The number of carbonyl (C=O) groups is 1. The summed E-state index contributed by atoms with van der Waals surface area (Å²) in [5.74, 6) is -0.798. The second kappa shape index (κ2) is 5.85. The molecule has 0 spiro atoms. The molecule has 1 amide bonds. The Kier molecular flexibility index (Phi) is 4.74. The van der Waals surface area contributed by atoms with Crippen LogP contribution in [0.25, 0.3) is 0 Å². The lowest BCUT2D eigenvalue weighted by Gasteiger charge is -2.18. The van der Waals surface area contributed by atoms with Crippen molar-refractivity contribution in [2.45, 2.75) is 18.7 Å². The average molecular weight is 244 g/mol. The molecule has 0 aliphatic rings. The molecule has 0 bridgehead atoms. The molecule has 1 aromatic carbocycles. The van der Waals surface area contributed by atoms with E-state index in [4.69, 9.17) is 11.6 Å². The Balaban J connectivity index is 2.67. The van der Waals surface area contributed by atoms with E-state index in [1.807, 2.05) is 6.92 Å². The summed E-state index contributed by atoms with van der Waals surface area (Å²) in [6, 6.07) is 5.98. The molecule has 0 fully saturated rings. The standard InChI is InChI=1S/C12H15ClFNO/c1-9(13)7-8-15(2)12(16)10-5-3-4-6-11(10)14/h3-6,9H,7-8H2,1-2H3. The number of hydrogen-bond acceptors (Lipinski definition) is 1. The van der Waals surface area contributed by atoms with Crippen molar-refractivity contribution in [3.63, 3.8) is 0 Å². The van der Waals surface area contributed by atoms with E-state index in [0.29, 0.717) is 13.0 Å². The third-order valence-electron chi connectivity index (χ3n) is 2.31. The zero-order chi connectivity index (χ0) is 12.1. The Morgan fingerprint density at radius 2 is 2.12 bits per heavy atom. The molecule has 1 rings (SSSR count). The van der Waals surface area contributed by atoms with Crippen molar-refractivity contribution < 1.29 is 9.18 Å². The molecule has 0 saturated heterocycles. The van der Waals surface area contributed by atoms with Crippen molar-refractivity contribution >= 4 is 17.5 Å². The van der Waals surface area contributed by atoms with Crippen LogP contribution in [0.2, 0.25) is 0 Å². The summed E-state index contributed by atoms with van der Waals surface area (Å²) in [5, 5.41) is 0.0101. The van der Waals surface area contributed by atoms with E-state index in [1.165, 1.54) is 17.0 Å². The number of rotatable bonds is 4. The molecule has 0 aliphatic carbocycles. The number of alkyl halides is 1. The van der Waals surface area contributed by atoms with Gasteiger partial charge in [-0.2, -0.15) is 0 Å². The predicted octanol–water partition coefficient (Wildman–Crippen LogP) is 2.92. The highest BCUT2D eigenvalue weighted by Gasteiger charge is 2.15. The molecule has 0 radical (unpaired) electrons. The fourth-order valence-corrected chi connectivity index (χ4v) is 1.41. The molecule has 2 nitrogen and oxygen atoms in total. The maximum atomic E-state index is 13.3. The SMILES string of the molecule is CC(Cl)CCN(C)C(=O)c1ccccc1F. The van der Waals surface area contributed by atoms with Crippen molar-refractivity contribution in [1.82, 2.24) is 4.90 Å². The molecule has 0 aromatic heterocycles. The summed E-state index contributed by atoms with van der Waals surface area (Å²) >= 11 is 5.79. The van der Waals surface area contributed by atoms with E-state index >= 15 is 0 Å². The van der Waals surface area contributed by atoms with Crippen LogP contribution in [-0.4, -0.2) is 29.8 Å². The molecule has 4 heteroatoms. The Hall–Kier alpha value is -1.09. The summed E-state index contributed by atoms with van der Waals surface area (Å²) in [6.07, 6.45) is 0.693. The van der Waals surface area contributed by atoms with Gasteiger partial charge >= 0.3 is 0 Å². The third kappa shape index (κ3) is 3.49. The minimum absolute atomic E-state index is 0.0101. The average Bonchev–Trinajstić information content (AvgIpc) is 2.25. The van der Waals surface area contributed by atoms with Crippen molar-refractivity contribution in [3.05, 3.63) is 35.6 Å². The van der Waals surface area contributed by atoms with Crippen molar-refractivity contribution in [2.24, 2.45) is 0 Å². The Morgan fingerprint density at radius 1 is 1.50 bits per heavy atom. The molecular formula is C12H15ClFNO. The molecule has 88 valence electrons. The maximum Gasteiger partial charge on any atom is 0.256 e. The van der Waals surface area contributed by atoms with Gasteiger partial charge in [-0.15, -0.1) is 11.6 Å². The van der Waals surface area contributed by atoms with Crippen LogP contribution in [0.4, 0.5) is 4.39 Å². The summed E-state index contributed by atoms with van der Waals surface area (Å²) in [7, 11) is 1.65. The van der Waals surface area contributed by atoms with Crippen LogP contribution in [0.3, 0.4) is 0 Å². The largest absolute Gasteiger partial charge is 0.342 e. The number of hydrogen-bond donors (Lipinski definition) is 0. The topological polar surface area (TPSA) is 20.3 Å². The Morgan fingerprint density at radius 3 is 2.69 bits per heavy atom. The molecular weight excluding hydrogens is 229 g/mol. The van der Waals surface area contributed by atoms with E-state index in [0.717, 1.165) is 0 Å². The number of carbonyl (C=O) groups excluding carboxylic acids is 1. The first-order valence-corrected chi connectivity index (χ1v) is 5.60. The van der Waals surface area contributed by atoms with Gasteiger partial charge in [0.1, 0.15) is 5.82 Å². The van der Waals surface area contributed by atoms with E-state index in [2.05, 4.69) is 0 Å². The first kappa shape index (κ1) is 13.0. The summed E-state index contributed by atoms with van der Waals surface area (Å²) in [4.78, 5) is 13.3. The zero-order valence-corrected chi connectivity index (χ0v) is 10.2. The number of halogens is 2. The summed E-state index contributed by atoms with van der Waals surface area (Å²) < 4.78 is 13.3. The second-order valence-corrected chi connectivity index (χ2v) is 4.52. The minimum atomic E-state index is -0.488. The summed E-state index contributed by atoms with van der Waals surface area (Å²) in [6.45, 7) is 2.39. The lowest BCUT2D eigenvalue weighted by molar-refractivity contribution is 0.0789. The molecule has 16 heavy (non-hydrogen) atoms. The number of amides is 1. The first-order valence-electron chi connectivity index (χ1n) is 5.16. The van der Waals surface area contributed by atoms with E-state index in [-0.39, 0.29) is 16.8 Å². The maximum absolute atomic E-state index is 13.3. The minimum Gasteiger partial charge on any atom is -0.342 e. The van der Waals surface area contributed by atoms with Crippen LogP contribution in [0.15, 0.2) is 24.3 Å². The fourth-order valence-electron chi connectivity index (χ4n) is 1.31. The molecule has 1 atom stereocenters. The van der Waals surface area contributed by atoms with Crippen molar-refractivity contribution in [2.75, 3.05) is 13.6 Å². The smallest absolute Gasteiger partial charge is 0.256 e. The number of benzene rings is 1. The van der Waals surface area contributed by atoms with E-state index < -0.39 is 5.82 Å². The highest BCUT2D eigenvalue weighted by Crippen LogP contribution is 2.10. The van der Waals surface area contributed by atoms with Crippen LogP contribution >= 0.6 is 11.6 Å². The monoisotopic (exact) mass is 243 g/mol. The van der Waals surface area contributed by atoms with Gasteiger partial charge in [-0.3, -0.25) is 4.79 Å².